The second-order valence-electron chi connectivity index (χ2n) is 3.44. The summed E-state index contributed by atoms with van der Waals surface area (Å²) >= 11 is 1.75. The largest absolute Gasteiger partial charge is 0.399 e. The molecule has 0 saturated heterocycles. The van der Waals surface area contributed by atoms with Crippen LogP contribution >= 0.6 is 11.8 Å². The number of benzene rings is 2. The van der Waals surface area contributed by atoms with E-state index in [4.69, 9.17) is 5.73 Å². The molecular weight excluding hydrogens is 202 g/mol. The van der Waals surface area contributed by atoms with E-state index in [1.165, 1.54) is 15.4 Å². The second-order valence-corrected chi connectivity index (χ2v) is 4.56. The van der Waals surface area contributed by atoms with E-state index in [1.54, 1.807) is 11.8 Å². The Kier molecular flexibility index (Phi) is 2.97. The van der Waals surface area contributed by atoms with E-state index in [-0.39, 0.29) is 0 Å². The van der Waals surface area contributed by atoms with Gasteiger partial charge in [-0.25, -0.2) is 0 Å². The Bertz CT molecular complexity index is 451. The van der Waals surface area contributed by atoms with Crippen molar-refractivity contribution < 1.29 is 0 Å². The van der Waals surface area contributed by atoms with Gasteiger partial charge >= 0.3 is 0 Å². The summed E-state index contributed by atoms with van der Waals surface area (Å²) in [7, 11) is 0. The maximum Gasteiger partial charge on any atom is 0.0325 e. The van der Waals surface area contributed by atoms with Gasteiger partial charge in [-0.2, -0.15) is 0 Å². The lowest BCUT2D eigenvalue weighted by atomic mass is 10.2. The number of anilines is 1. The van der Waals surface area contributed by atoms with Gasteiger partial charge in [-0.1, -0.05) is 36.0 Å². The van der Waals surface area contributed by atoms with Gasteiger partial charge in [0.1, 0.15) is 0 Å². The van der Waals surface area contributed by atoms with E-state index in [0.29, 0.717) is 0 Å². The molecule has 2 aromatic rings. The van der Waals surface area contributed by atoms with E-state index in [9.17, 15) is 0 Å². The van der Waals surface area contributed by atoms with Crippen molar-refractivity contribution in [1.29, 1.82) is 0 Å². The minimum absolute atomic E-state index is 0.819. The van der Waals surface area contributed by atoms with Crippen LogP contribution in [0.25, 0.3) is 0 Å². The lowest BCUT2D eigenvalue weighted by Gasteiger charge is -2.06. The topological polar surface area (TPSA) is 26.0 Å². The Morgan fingerprint density at radius 2 is 1.73 bits per heavy atom. The Morgan fingerprint density at radius 3 is 2.47 bits per heavy atom. The highest BCUT2D eigenvalue weighted by molar-refractivity contribution is 7.99. The van der Waals surface area contributed by atoms with Gasteiger partial charge in [0.25, 0.3) is 0 Å². The summed E-state index contributed by atoms with van der Waals surface area (Å²) in [4.78, 5) is 2.47. The number of hydrogen-bond acceptors (Lipinski definition) is 2. The predicted molar refractivity (Wildman–Crippen MR) is 66.2 cm³/mol. The molecule has 0 saturated carbocycles. The minimum atomic E-state index is 0.819. The first kappa shape index (κ1) is 10.1. The third kappa shape index (κ3) is 2.54. The molecular formula is C13H13NS. The molecule has 76 valence electrons. The van der Waals surface area contributed by atoms with E-state index in [0.717, 1.165) is 5.69 Å². The first-order valence-corrected chi connectivity index (χ1v) is 5.66. The Hall–Kier alpha value is -1.41. The maximum absolute atomic E-state index is 5.77. The zero-order valence-electron chi connectivity index (χ0n) is 8.60. The van der Waals surface area contributed by atoms with Crippen molar-refractivity contribution in [1.82, 2.24) is 0 Å². The fourth-order valence-electron chi connectivity index (χ4n) is 1.34. The molecule has 2 rings (SSSR count). The van der Waals surface area contributed by atoms with Gasteiger partial charge in [0.05, 0.1) is 0 Å². The molecule has 15 heavy (non-hydrogen) atoms. The summed E-state index contributed by atoms with van der Waals surface area (Å²) in [6.07, 6.45) is 0. The normalized spacial score (nSPS) is 10.2. The van der Waals surface area contributed by atoms with Gasteiger partial charge < -0.3 is 5.73 Å². The number of rotatable bonds is 2. The van der Waals surface area contributed by atoms with Gasteiger partial charge in [-0.15, -0.1) is 0 Å². The first-order valence-electron chi connectivity index (χ1n) is 4.85. The third-order valence-corrected chi connectivity index (χ3v) is 3.35. The Labute approximate surface area is 94.3 Å². The fourth-order valence-corrected chi connectivity index (χ4v) is 2.31. The van der Waals surface area contributed by atoms with Crippen LogP contribution in [0.2, 0.25) is 0 Å². The minimum Gasteiger partial charge on any atom is -0.399 e. The van der Waals surface area contributed by atoms with Crippen molar-refractivity contribution in [2.45, 2.75) is 16.7 Å². The SMILES string of the molecule is Cc1ccc(N)cc1Sc1ccccc1. The summed E-state index contributed by atoms with van der Waals surface area (Å²) in [6.45, 7) is 2.10. The second kappa shape index (κ2) is 4.41. The van der Waals surface area contributed by atoms with Crippen LogP contribution in [0.15, 0.2) is 58.3 Å². The van der Waals surface area contributed by atoms with Crippen LogP contribution in [0.5, 0.6) is 0 Å². The highest BCUT2D eigenvalue weighted by Crippen LogP contribution is 2.31. The summed E-state index contributed by atoms with van der Waals surface area (Å²) in [5, 5.41) is 0. The maximum atomic E-state index is 5.77. The molecule has 2 aromatic carbocycles. The summed E-state index contributed by atoms with van der Waals surface area (Å²) < 4.78 is 0. The van der Waals surface area contributed by atoms with Crippen LogP contribution in [0.4, 0.5) is 5.69 Å². The number of nitrogen functional groups attached to an aromatic ring is 1. The monoisotopic (exact) mass is 215 g/mol. The molecule has 0 atom stereocenters. The zero-order chi connectivity index (χ0) is 10.7. The molecule has 2 heteroatoms. The lowest BCUT2D eigenvalue weighted by molar-refractivity contribution is 1.29. The number of nitrogens with two attached hydrogens (primary N) is 1. The van der Waals surface area contributed by atoms with Crippen molar-refractivity contribution in [3.8, 4) is 0 Å². The van der Waals surface area contributed by atoms with Gasteiger partial charge in [-0.3, -0.25) is 0 Å². The molecule has 0 spiro atoms. The molecule has 0 aliphatic heterocycles. The van der Waals surface area contributed by atoms with E-state index in [2.05, 4.69) is 25.1 Å². The van der Waals surface area contributed by atoms with Crippen molar-refractivity contribution in [3.63, 3.8) is 0 Å². The molecule has 1 nitrogen and oxygen atoms in total. The standard InChI is InChI=1S/C13H13NS/c1-10-7-8-11(14)9-13(10)15-12-5-3-2-4-6-12/h2-9H,14H2,1H3. The van der Waals surface area contributed by atoms with E-state index >= 15 is 0 Å². The third-order valence-electron chi connectivity index (χ3n) is 2.18. The molecule has 0 bridgehead atoms. The van der Waals surface area contributed by atoms with Gasteiger partial charge in [0, 0.05) is 15.5 Å². The fraction of sp³-hybridized carbons (Fsp3) is 0.0769. The van der Waals surface area contributed by atoms with Gasteiger partial charge in [0.15, 0.2) is 0 Å². The van der Waals surface area contributed by atoms with Crippen LogP contribution in [0, 0.1) is 6.92 Å². The average Bonchev–Trinajstić information content (AvgIpc) is 2.25. The quantitative estimate of drug-likeness (QED) is 0.772. The molecule has 0 unspecified atom stereocenters. The Morgan fingerprint density at radius 1 is 1.00 bits per heavy atom. The molecule has 0 heterocycles. The summed E-state index contributed by atoms with van der Waals surface area (Å²) in [6, 6.07) is 16.3. The van der Waals surface area contributed by atoms with Gasteiger partial charge in [0.2, 0.25) is 0 Å². The van der Waals surface area contributed by atoms with E-state index < -0.39 is 0 Å². The molecule has 2 N–H and O–H groups in total. The van der Waals surface area contributed by atoms with Crippen molar-refractivity contribution >= 4 is 17.4 Å². The lowest BCUT2D eigenvalue weighted by Crippen LogP contribution is -1.86. The number of aryl methyl sites for hydroxylation is 1. The average molecular weight is 215 g/mol. The van der Waals surface area contributed by atoms with E-state index in [1.807, 2.05) is 30.3 Å². The zero-order valence-corrected chi connectivity index (χ0v) is 9.42. The molecule has 0 aromatic heterocycles. The molecule has 0 amide bonds. The van der Waals surface area contributed by atoms with Gasteiger partial charge in [-0.05, 0) is 36.8 Å². The van der Waals surface area contributed by atoms with Crippen molar-refractivity contribution in [2.24, 2.45) is 0 Å². The van der Waals surface area contributed by atoms with Crippen molar-refractivity contribution in [3.05, 3.63) is 54.1 Å². The van der Waals surface area contributed by atoms with Crippen LogP contribution in [0.3, 0.4) is 0 Å². The molecule has 0 aliphatic carbocycles. The van der Waals surface area contributed by atoms with Crippen LogP contribution < -0.4 is 5.73 Å². The highest BCUT2D eigenvalue weighted by Gasteiger charge is 2.00. The summed E-state index contributed by atoms with van der Waals surface area (Å²) in [5.41, 5.74) is 7.85. The smallest absolute Gasteiger partial charge is 0.0325 e. The Balaban J connectivity index is 2.28. The van der Waals surface area contributed by atoms with Crippen LogP contribution in [-0.4, -0.2) is 0 Å². The molecule has 0 fully saturated rings. The van der Waals surface area contributed by atoms with Crippen LogP contribution in [-0.2, 0) is 0 Å². The predicted octanol–water partition coefficient (Wildman–Crippen LogP) is 3.73. The highest BCUT2D eigenvalue weighted by atomic mass is 32.2. The van der Waals surface area contributed by atoms with Crippen LogP contribution in [0.1, 0.15) is 5.56 Å². The van der Waals surface area contributed by atoms with Crippen molar-refractivity contribution in [2.75, 3.05) is 5.73 Å². The summed E-state index contributed by atoms with van der Waals surface area (Å²) in [5.74, 6) is 0. The first-order chi connectivity index (χ1) is 7.25. The number of hydrogen-bond donors (Lipinski definition) is 1. The molecule has 0 aliphatic rings. The molecule has 0 radical (unpaired) electrons.